The lowest BCUT2D eigenvalue weighted by Gasteiger charge is -2.28. The Bertz CT molecular complexity index is 501. The molecule has 0 saturated carbocycles. The molecule has 0 bridgehead atoms. The van der Waals surface area contributed by atoms with Crippen molar-refractivity contribution in [2.75, 3.05) is 11.4 Å². The number of carboxylic acids is 1. The number of rotatable bonds is 4. The van der Waals surface area contributed by atoms with Gasteiger partial charge >= 0.3 is 5.97 Å². The minimum atomic E-state index is -1.01. The number of hydrogen-bond donors (Lipinski definition) is 2. The first-order valence-electron chi connectivity index (χ1n) is 6.33. The van der Waals surface area contributed by atoms with Crippen molar-refractivity contribution in [3.8, 4) is 0 Å². The van der Waals surface area contributed by atoms with E-state index in [0.29, 0.717) is 0 Å². The van der Waals surface area contributed by atoms with Crippen LogP contribution in [0.25, 0.3) is 0 Å². The van der Waals surface area contributed by atoms with Gasteiger partial charge in [0, 0.05) is 25.2 Å². The van der Waals surface area contributed by atoms with E-state index in [1.807, 2.05) is 23.1 Å². The lowest BCUT2D eigenvalue weighted by atomic mass is 10.1. The smallest absolute Gasteiger partial charge is 0.328 e. The standard InChI is InChI=1S/C14H18N2O3/c1-9-7-11-5-3-4-6-13(11)16(9)8-12(14(18)19)15-10(2)17/h3-6,9,12H,7-8H2,1-2H3,(H,15,17)(H,18,19). The Labute approximate surface area is 112 Å². The van der Waals surface area contributed by atoms with Crippen LogP contribution in [0.15, 0.2) is 24.3 Å². The van der Waals surface area contributed by atoms with Crippen molar-refractivity contribution < 1.29 is 14.7 Å². The van der Waals surface area contributed by atoms with Gasteiger partial charge in [0.2, 0.25) is 5.91 Å². The van der Waals surface area contributed by atoms with Crippen molar-refractivity contribution in [3.05, 3.63) is 29.8 Å². The Kier molecular flexibility index (Phi) is 3.74. The third kappa shape index (κ3) is 2.86. The lowest BCUT2D eigenvalue weighted by Crippen LogP contribution is -2.49. The van der Waals surface area contributed by atoms with E-state index in [9.17, 15) is 14.7 Å². The Hall–Kier alpha value is -2.04. The summed E-state index contributed by atoms with van der Waals surface area (Å²) in [4.78, 5) is 24.3. The predicted octanol–water partition coefficient (Wildman–Crippen LogP) is 1.03. The molecular formula is C14H18N2O3. The van der Waals surface area contributed by atoms with Crippen molar-refractivity contribution in [1.82, 2.24) is 5.32 Å². The van der Waals surface area contributed by atoms with Gasteiger partial charge < -0.3 is 15.3 Å². The third-order valence-corrected chi connectivity index (χ3v) is 3.40. The normalized spacial score (nSPS) is 18.8. The number of para-hydroxylation sites is 1. The highest BCUT2D eigenvalue weighted by Crippen LogP contribution is 2.31. The molecule has 5 nitrogen and oxygen atoms in total. The maximum absolute atomic E-state index is 11.2. The molecule has 2 atom stereocenters. The van der Waals surface area contributed by atoms with Crippen LogP contribution in [-0.2, 0) is 16.0 Å². The van der Waals surface area contributed by atoms with Gasteiger partial charge in [0.15, 0.2) is 0 Å². The fourth-order valence-corrected chi connectivity index (χ4v) is 2.54. The summed E-state index contributed by atoms with van der Waals surface area (Å²) in [6.07, 6.45) is 0.905. The van der Waals surface area contributed by atoms with E-state index < -0.39 is 12.0 Å². The molecule has 0 aromatic heterocycles. The van der Waals surface area contributed by atoms with E-state index >= 15 is 0 Å². The largest absolute Gasteiger partial charge is 0.480 e. The molecule has 5 heteroatoms. The molecule has 2 rings (SSSR count). The number of aliphatic carboxylic acids is 1. The minimum Gasteiger partial charge on any atom is -0.480 e. The van der Waals surface area contributed by atoms with E-state index in [1.165, 1.54) is 12.5 Å². The first kappa shape index (κ1) is 13.4. The number of carboxylic acid groups (broad SMARTS) is 1. The maximum atomic E-state index is 11.2. The second-order valence-electron chi connectivity index (χ2n) is 4.93. The Morgan fingerprint density at radius 3 is 2.79 bits per heavy atom. The number of nitrogens with one attached hydrogen (secondary N) is 1. The fourth-order valence-electron chi connectivity index (χ4n) is 2.54. The monoisotopic (exact) mass is 262 g/mol. The average molecular weight is 262 g/mol. The first-order valence-corrected chi connectivity index (χ1v) is 6.33. The fraction of sp³-hybridized carbons (Fsp3) is 0.429. The van der Waals surface area contributed by atoms with E-state index in [1.54, 1.807) is 0 Å². The summed E-state index contributed by atoms with van der Waals surface area (Å²) in [5.41, 5.74) is 2.29. The Balaban J connectivity index is 2.17. The van der Waals surface area contributed by atoms with Gasteiger partial charge in [0.1, 0.15) is 6.04 Å². The number of benzene rings is 1. The molecule has 0 fully saturated rings. The van der Waals surface area contributed by atoms with Gasteiger partial charge in [0.05, 0.1) is 0 Å². The van der Waals surface area contributed by atoms with Crippen LogP contribution in [0.2, 0.25) is 0 Å². The zero-order valence-electron chi connectivity index (χ0n) is 11.1. The number of hydrogen-bond acceptors (Lipinski definition) is 3. The number of carbonyl (C=O) groups excluding carboxylic acids is 1. The van der Waals surface area contributed by atoms with Gasteiger partial charge in [-0.15, -0.1) is 0 Å². The number of carbonyl (C=O) groups is 2. The van der Waals surface area contributed by atoms with Crippen molar-refractivity contribution in [3.63, 3.8) is 0 Å². The summed E-state index contributed by atoms with van der Waals surface area (Å²) in [6.45, 7) is 3.68. The van der Waals surface area contributed by atoms with Gasteiger partial charge in [0.25, 0.3) is 0 Å². The molecule has 1 aromatic rings. The van der Waals surface area contributed by atoms with Gasteiger partial charge in [-0.05, 0) is 25.0 Å². The number of nitrogens with zero attached hydrogens (tertiary/aromatic N) is 1. The van der Waals surface area contributed by atoms with Crippen LogP contribution < -0.4 is 10.2 Å². The van der Waals surface area contributed by atoms with Crippen LogP contribution in [-0.4, -0.2) is 35.6 Å². The zero-order valence-corrected chi connectivity index (χ0v) is 11.1. The van der Waals surface area contributed by atoms with Gasteiger partial charge in [-0.25, -0.2) is 4.79 Å². The molecule has 0 radical (unpaired) electrons. The van der Waals surface area contributed by atoms with Crippen molar-refractivity contribution in [2.45, 2.75) is 32.4 Å². The van der Waals surface area contributed by atoms with Crippen LogP contribution in [0.5, 0.6) is 0 Å². The summed E-state index contributed by atoms with van der Waals surface area (Å²) >= 11 is 0. The van der Waals surface area contributed by atoms with Crippen LogP contribution in [0.3, 0.4) is 0 Å². The van der Waals surface area contributed by atoms with Crippen LogP contribution in [0.1, 0.15) is 19.4 Å². The summed E-state index contributed by atoms with van der Waals surface area (Å²) in [7, 11) is 0. The topological polar surface area (TPSA) is 69.6 Å². The first-order chi connectivity index (χ1) is 8.99. The molecule has 1 heterocycles. The van der Waals surface area contributed by atoms with E-state index in [-0.39, 0.29) is 18.5 Å². The van der Waals surface area contributed by atoms with Gasteiger partial charge in [-0.3, -0.25) is 4.79 Å². The van der Waals surface area contributed by atoms with Crippen molar-refractivity contribution in [1.29, 1.82) is 0 Å². The molecular weight excluding hydrogens is 244 g/mol. The summed E-state index contributed by atoms with van der Waals surface area (Å²) in [5, 5.41) is 11.7. The highest BCUT2D eigenvalue weighted by molar-refractivity contribution is 5.82. The third-order valence-electron chi connectivity index (χ3n) is 3.40. The van der Waals surface area contributed by atoms with Crippen LogP contribution >= 0.6 is 0 Å². The van der Waals surface area contributed by atoms with E-state index in [0.717, 1.165) is 12.1 Å². The van der Waals surface area contributed by atoms with Crippen molar-refractivity contribution in [2.24, 2.45) is 0 Å². The average Bonchev–Trinajstić information content (AvgIpc) is 2.64. The molecule has 2 unspecified atom stereocenters. The van der Waals surface area contributed by atoms with E-state index in [4.69, 9.17) is 0 Å². The quantitative estimate of drug-likeness (QED) is 0.850. The number of fused-ring (bicyclic) bond motifs is 1. The van der Waals surface area contributed by atoms with Crippen LogP contribution in [0, 0.1) is 0 Å². The molecule has 1 amide bonds. The molecule has 102 valence electrons. The lowest BCUT2D eigenvalue weighted by molar-refractivity contribution is -0.141. The zero-order chi connectivity index (χ0) is 14.0. The molecule has 0 saturated heterocycles. The second kappa shape index (κ2) is 5.30. The minimum absolute atomic E-state index is 0.244. The summed E-state index contributed by atoms with van der Waals surface area (Å²) < 4.78 is 0. The molecule has 1 aromatic carbocycles. The molecule has 0 aliphatic carbocycles. The molecule has 0 spiro atoms. The highest BCUT2D eigenvalue weighted by atomic mass is 16.4. The Morgan fingerprint density at radius 2 is 2.16 bits per heavy atom. The number of anilines is 1. The SMILES string of the molecule is CC(=O)NC(CN1c2ccccc2CC1C)C(=O)O. The van der Waals surface area contributed by atoms with Gasteiger partial charge in [-0.2, -0.15) is 0 Å². The maximum Gasteiger partial charge on any atom is 0.328 e. The predicted molar refractivity (Wildman–Crippen MR) is 72.2 cm³/mol. The molecule has 19 heavy (non-hydrogen) atoms. The Morgan fingerprint density at radius 1 is 1.47 bits per heavy atom. The molecule has 1 aliphatic rings. The summed E-state index contributed by atoms with van der Waals surface area (Å²) in [5.74, 6) is -1.33. The van der Waals surface area contributed by atoms with Crippen molar-refractivity contribution >= 4 is 17.6 Å². The molecule has 1 aliphatic heterocycles. The van der Waals surface area contributed by atoms with Crippen LogP contribution in [0.4, 0.5) is 5.69 Å². The number of amides is 1. The van der Waals surface area contributed by atoms with Gasteiger partial charge in [-0.1, -0.05) is 18.2 Å². The molecule has 2 N–H and O–H groups in total. The highest BCUT2D eigenvalue weighted by Gasteiger charge is 2.30. The summed E-state index contributed by atoms with van der Waals surface area (Å²) in [6, 6.07) is 7.33. The second-order valence-corrected chi connectivity index (χ2v) is 4.93. The van der Waals surface area contributed by atoms with E-state index in [2.05, 4.69) is 18.3 Å².